The van der Waals surface area contributed by atoms with Crippen molar-refractivity contribution in [3.8, 4) is 0 Å². The quantitative estimate of drug-likeness (QED) is 0.543. The fourth-order valence-electron chi connectivity index (χ4n) is 2.97. The molecule has 1 aliphatic rings. The van der Waals surface area contributed by atoms with Crippen molar-refractivity contribution in [2.45, 2.75) is 19.3 Å². The van der Waals surface area contributed by atoms with Crippen LogP contribution in [-0.2, 0) is 14.3 Å². The van der Waals surface area contributed by atoms with Gasteiger partial charge in [-0.1, -0.05) is 35.9 Å². The van der Waals surface area contributed by atoms with Crippen LogP contribution < -0.4 is 10.6 Å². The molecule has 0 fully saturated rings. The Morgan fingerprint density at radius 3 is 2.48 bits per heavy atom. The van der Waals surface area contributed by atoms with Gasteiger partial charge in [0.05, 0.1) is 17.2 Å². The first kappa shape index (κ1) is 20.6. The molecule has 0 aromatic heterocycles. The zero-order chi connectivity index (χ0) is 20.6. The van der Waals surface area contributed by atoms with E-state index < -0.39 is 12.5 Å². The lowest BCUT2D eigenvalue weighted by Gasteiger charge is -2.16. The highest BCUT2D eigenvalue weighted by molar-refractivity contribution is 6.30. The highest BCUT2D eigenvalue weighted by Crippen LogP contribution is 2.20. The molecule has 0 saturated heterocycles. The number of amides is 2. The standard InChI is InChI=1S/C22H21ClN2O4/c23-16-10-12-17(13-11-16)24-21(27)18-8-4-5-9-19(18)25-20(26)14-29-22(28)15-6-2-1-3-7-15/h1-2,4-5,8-13,15H,3,6-7,14H2,(H,24,27)(H,25,26)/t15-/m1/s1. The lowest BCUT2D eigenvalue weighted by Crippen LogP contribution is -2.26. The molecule has 0 saturated carbocycles. The topological polar surface area (TPSA) is 84.5 Å². The van der Waals surface area contributed by atoms with Crippen molar-refractivity contribution in [1.29, 1.82) is 0 Å². The van der Waals surface area contributed by atoms with Crippen molar-refractivity contribution >= 4 is 40.8 Å². The molecular formula is C22H21ClN2O4. The molecule has 7 heteroatoms. The van der Waals surface area contributed by atoms with Gasteiger partial charge < -0.3 is 15.4 Å². The number of hydrogen-bond acceptors (Lipinski definition) is 4. The van der Waals surface area contributed by atoms with Crippen molar-refractivity contribution in [2.75, 3.05) is 17.2 Å². The molecule has 0 radical (unpaired) electrons. The van der Waals surface area contributed by atoms with Crippen LogP contribution >= 0.6 is 11.6 Å². The Morgan fingerprint density at radius 2 is 1.76 bits per heavy atom. The summed E-state index contributed by atoms with van der Waals surface area (Å²) in [5, 5.41) is 5.95. The Hall–Kier alpha value is -3.12. The molecule has 3 rings (SSSR count). The monoisotopic (exact) mass is 412 g/mol. The van der Waals surface area contributed by atoms with Crippen molar-refractivity contribution < 1.29 is 19.1 Å². The number of nitrogens with one attached hydrogen (secondary N) is 2. The molecule has 6 nitrogen and oxygen atoms in total. The normalized spacial score (nSPS) is 15.4. The van der Waals surface area contributed by atoms with Crippen molar-refractivity contribution in [3.63, 3.8) is 0 Å². The largest absolute Gasteiger partial charge is 0.455 e. The van der Waals surface area contributed by atoms with E-state index in [1.807, 2.05) is 12.2 Å². The fraction of sp³-hybridized carbons (Fsp3) is 0.227. The van der Waals surface area contributed by atoms with E-state index in [-0.39, 0.29) is 17.8 Å². The molecule has 0 spiro atoms. The smallest absolute Gasteiger partial charge is 0.309 e. The third kappa shape index (κ3) is 5.93. The van der Waals surface area contributed by atoms with E-state index in [4.69, 9.17) is 16.3 Å². The van der Waals surface area contributed by atoms with Crippen LogP contribution in [-0.4, -0.2) is 24.4 Å². The number of halogens is 1. The number of allylic oxidation sites excluding steroid dienone is 2. The highest BCUT2D eigenvalue weighted by atomic mass is 35.5. The minimum Gasteiger partial charge on any atom is -0.455 e. The Morgan fingerprint density at radius 1 is 1.00 bits per heavy atom. The van der Waals surface area contributed by atoms with Gasteiger partial charge in [0.15, 0.2) is 6.61 Å². The Labute approximate surface area is 173 Å². The molecule has 2 amide bonds. The van der Waals surface area contributed by atoms with Crippen LogP contribution in [0.25, 0.3) is 0 Å². The number of benzene rings is 2. The minimum absolute atomic E-state index is 0.203. The van der Waals surface area contributed by atoms with Gasteiger partial charge in [0.25, 0.3) is 11.8 Å². The number of anilines is 2. The molecule has 0 bridgehead atoms. The van der Waals surface area contributed by atoms with Crippen LogP contribution in [0.5, 0.6) is 0 Å². The molecule has 1 atom stereocenters. The second-order valence-electron chi connectivity index (χ2n) is 6.64. The Bertz CT molecular complexity index is 925. The van der Waals surface area contributed by atoms with Crippen molar-refractivity contribution in [1.82, 2.24) is 0 Å². The van der Waals surface area contributed by atoms with Crippen LogP contribution in [0.1, 0.15) is 29.6 Å². The van der Waals surface area contributed by atoms with E-state index in [9.17, 15) is 14.4 Å². The molecule has 150 valence electrons. The summed E-state index contributed by atoms with van der Waals surface area (Å²) in [6.45, 7) is -0.397. The first-order chi connectivity index (χ1) is 14.0. The number of rotatable bonds is 6. The van der Waals surface area contributed by atoms with Gasteiger partial charge in [-0.15, -0.1) is 0 Å². The molecule has 2 aromatic carbocycles. The number of para-hydroxylation sites is 1. The molecule has 0 aliphatic heterocycles. The number of carbonyl (C=O) groups excluding carboxylic acids is 3. The lowest BCUT2D eigenvalue weighted by atomic mass is 9.95. The first-order valence-electron chi connectivity index (χ1n) is 9.30. The summed E-state index contributed by atoms with van der Waals surface area (Å²) in [6, 6.07) is 13.3. The van der Waals surface area contributed by atoms with Gasteiger partial charge in [0, 0.05) is 10.7 Å². The average Bonchev–Trinajstić information content (AvgIpc) is 2.74. The second-order valence-corrected chi connectivity index (χ2v) is 7.08. The number of carbonyl (C=O) groups is 3. The minimum atomic E-state index is -0.503. The van der Waals surface area contributed by atoms with Gasteiger partial charge in [0.2, 0.25) is 0 Å². The maximum Gasteiger partial charge on any atom is 0.309 e. The zero-order valence-electron chi connectivity index (χ0n) is 15.7. The maximum atomic E-state index is 12.6. The zero-order valence-corrected chi connectivity index (χ0v) is 16.4. The lowest BCUT2D eigenvalue weighted by molar-refractivity contribution is -0.151. The number of ether oxygens (including phenoxy) is 1. The third-order valence-electron chi connectivity index (χ3n) is 4.50. The molecule has 1 aliphatic carbocycles. The van der Waals surface area contributed by atoms with Crippen LogP contribution in [0.15, 0.2) is 60.7 Å². The summed E-state index contributed by atoms with van der Waals surface area (Å²) in [4.78, 5) is 36.9. The first-order valence-corrected chi connectivity index (χ1v) is 9.68. The van der Waals surface area contributed by atoms with E-state index in [1.165, 1.54) is 0 Å². The predicted octanol–water partition coefficient (Wildman–Crippen LogP) is 4.43. The Balaban J connectivity index is 1.58. The van der Waals surface area contributed by atoms with E-state index >= 15 is 0 Å². The third-order valence-corrected chi connectivity index (χ3v) is 4.75. The highest BCUT2D eigenvalue weighted by Gasteiger charge is 2.21. The van der Waals surface area contributed by atoms with Crippen LogP contribution in [0.2, 0.25) is 5.02 Å². The molecule has 2 N–H and O–H groups in total. The molecular weight excluding hydrogens is 392 g/mol. The number of esters is 1. The molecule has 0 heterocycles. The average molecular weight is 413 g/mol. The van der Waals surface area contributed by atoms with Crippen LogP contribution in [0.4, 0.5) is 11.4 Å². The summed E-state index contributed by atoms with van der Waals surface area (Å²) < 4.78 is 5.12. The second kappa shape index (κ2) is 9.89. The number of hydrogen-bond donors (Lipinski definition) is 2. The van der Waals surface area contributed by atoms with E-state index in [0.29, 0.717) is 28.4 Å². The van der Waals surface area contributed by atoms with Gasteiger partial charge >= 0.3 is 5.97 Å². The maximum absolute atomic E-state index is 12.6. The fourth-order valence-corrected chi connectivity index (χ4v) is 3.10. The summed E-state index contributed by atoms with van der Waals surface area (Å²) in [5.74, 6) is -1.46. The van der Waals surface area contributed by atoms with E-state index in [2.05, 4.69) is 10.6 Å². The molecule has 2 aromatic rings. The van der Waals surface area contributed by atoms with Crippen LogP contribution in [0, 0.1) is 5.92 Å². The molecule has 0 unspecified atom stereocenters. The summed E-state index contributed by atoms with van der Waals surface area (Å²) >= 11 is 5.85. The van der Waals surface area contributed by atoms with Gasteiger partial charge in [-0.05, 0) is 55.7 Å². The van der Waals surface area contributed by atoms with Crippen LogP contribution in [0.3, 0.4) is 0 Å². The van der Waals surface area contributed by atoms with E-state index in [0.717, 1.165) is 12.8 Å². The SMILES string of the molecule is O=C(COC(=O)[C@@H]1CC=CCC1)Nc1ccccc1C(=O)Nc1ccc(Cl)cc1. The molecule has 29 heavy (non-hydrogen) atoms. The van der Waals surface area contributed by atoms with Gasteiger partial charge in [-0.25, -0.2) is 0 Å². The predicted molar refractivity (Wildman–Crippen MR) is 112 cm³/mol. The van der Waals surface area contributed by atoms with Gasteiger partial charge in [-0.3, -0.25) is 14.4 Å². The van der Waals surface area contributed by atoms with E-state index in [1.54, 1.807) is 48.5 Å². The summed E-state index contributed by atoms with van der Waals surface area (Å²) in [7, 11) is 0. The van der Waals surface area contributed by atoms with Crippen molar-refractivity contribution in [2.24, 2.45) is 5.92 Å². The Kier molecular flexibility index (Phi) is 7.03. The summed E-state index contributed by atoms with van der Waals surface area (Å²) in [6.07, 6.45) is 6.18. The van der Waals surface area contributed by atoms with Gasteiger partial charge in [0.1, 0.15) is 0 Å². The van der Waals surface area contributed by atoms with Crippen molar-refractivity contribution in [3.05, 3.63) is 71.3 Å². The summed E-state index contributed by atoms with van der Waals surface area (Å²) in [5.41, 5.74) is 1.20. The van der Waals surface area contributed by atoms with Gasteiger partial charge in [-0.2, -0.15) is 0 Å².